The Kier molecular flexibility index (Phi) is 3.64. The number of aromatic nitrogens is 1. The van der Waals surface area contributed by atoms with E-state index in [1.54, 1.807) is 23.2 Å². The molecule has 1 aliphatic rings. The number of nitrogens with zero attached hydrogens (tertiary/aromatic N) is 2. The Balaban J connectivity index is 2.14. The molecule has 0 N–H and O–H groups in total. The van der Waals surface area contributed by atoms with Gasteiger partial charge in [-0.1, -0.05) is 11.6 Å². The summed E-state index contributed by atoms with van der Waals surface area (Å²) in [5, 5.41) is 0.338. The van der Waals surface area contributed by atoms with Gasteiger partial charge in [-0.05, 0) is 26.0 Å². The second kappa shape index (κ2) is 5.02. The lowest BCUT2D eigenvalue weighted by atomic mass is 10.2. The molecule has 1 fully saturated rings. The highest BCUT2D eigenvalue weighted by Crippen LogP contribution is 2.15. The summed E-state index contributed by atoms with van der Waals surface area (Å²) >= 11 is 5.78. The molecule has 1 amide bonds. The summed E-state index contributed by atoms with van der Waals surface area (Å²) in [6.07, 6.45) is 1.68. The highest BCUT2D eigenvalue weighted by atomic mass is 35.5. The highest BCUT2D eigenvalue weighted by molar-refractivity contribution is 6.29. The minimum atomic E-state index is -0.0173. The molecule has 2 unspecified atom stereocenters. The van der Waals surface area contributed by atoms with Crippen LogP contribution in [0, 0.1) is 0 Å². The van der Waals surface area contributed by atoms with Crippen molar-refractivity contribution in [2.75, 3.05) is 13.1 Å². The first-order valence-electron chi connectivity index (χ1n) is 5.62. The third-order valence-electron chi connectivity index (χ3n) is 2.68. The van der Waals surface area contributed by atoms with E-state index in [0.29, 0.717) is 23.8 Å². The van der Waals surface area contributed by atoms with Crippen molar-refractivity contribution in [3.8, 4) is 0 Å². The van der Waals surface area contributed by atoms with Crippen LogP contribution in [0.3, 0.4) is 0 Å². The maximum absolute atomic E-state index is 12.2. The van der Waals surface area contributed by atoms with E-state index in [9.17, 15) is 4.79 Å². The number of carbonyl (C=O) groups excluding carboxylic acids is 1. The molecule has 2 atom stereocenters. The lowest BCUT2D eigenvalue weighted by Crippen LogP contribution is -2.48. The predicted octanol–water partition coefficient (Wildman–Crippen LogP) is 1.98. The normalized spacial score (nSPS) is 24.8. The van der Waals surface area contributed by atoms with Crippen molar-refractivity contribution in [1.29, 1.82) is 0 Å². The summed E-state index contributed by atoms with van der Waals surface area (Å²) < 4.78 is 5.59. The molecule has 0 radical (unpaired) electrons. The SMILES string of the molecule is CC1CN(C(=O)c2ccnc(Cl)c2)CC(C)O1. The molecule has 1 aromatic rings. The van der Waals surface area contributed by atoms with Crippen LogP contribution in [0.25, 0.3) is 0 Å². The summed E-state index contributed by atoms with van der Waals surface area (Å²) in [7, 11) is 0. The Morgan fingerprint density at radius 2 is 2.12 bits per heavy atom. The van der Waals surface area contributed by atoms with Crippen molar-refractivity contribution in [2.45, 2.75) is 26.1 Å². The van der Waals surface area contributed by atoms with E-state index >= 15 is 0 Å². The fourth-order valence-electron chi connectivity index (χ4n) is 2.06. The molecule has 2 heterocycles. The van der Waals surface area contributed by atoms with Gasteiger partial charge in [0.1, 0.15) is 5.15 Å². The summed E-state index contributed by atoms with van der Waals surface area (Å²) in [6.45, 7) is 5.16. The summed E-state index contributed by atoms with van der Waals surface area (Å²) in [5.74, 6) is -0.0173. The summed E-state index contributed by atoms with van der Waals surface area (Å²) in [4.78, 5) is 17.9. The number of halogens is 1. The van der Waals surface area contributed by atoms with Crippen LogP contribution in [-0.4, -0.2) is 41.1 Å². The first-order chi connectivity index (χ1) is 8.06. The van der Waals surface area contributed by atoms with Gasteiger partial charge in [0.25, 0.3) is 5.91 Å². The van der Waals surface area contributed by atoms with E-state index < -0.39 is 0 Å². The third-order valence-corrected chi connectivity index (χ3v) is 2.89. The van der Waals surface area contributed by atoms with Gasteiger partial charge in [0, 0.05) is 24.8 Å². The molecule has 92 valence electrons. The molecule has 1 saturated heterocycles. The van der Waals surface area contributed by atoms with Crippen molar-refractivity contribution in [3.63, 3.8) is 0 Å². The first kappa shape index (κ1) is 12.3. The van der Waals surface area contributed by atoms with E-state index in [2.05, 4.69) is 4.98 Å². The molecule has 1 aliphatic heterocycles. The number of rotatable bonds is 1. The Bertz CT molecular complexity index is 415. The molecular weight excluding hydrogens is 240 g/mol. The predicted molar refractivity (Wildman–Crippen MR) is 65.2 cm³/mol. The zero-order valence-electron chi connectivity index (χ0n) is 9.89. The average molecular weight is 255 g/mol. The van der Waals surface area contributed by atoms with Crippen LogP contribution in [-0.2, 0) is 4.74 Å². The zero-order chi connectivity index (χ0) is 12.4. The lowest BCUT2D eigenvalue weighted by molar-refractivity contribution is -0.0586. The molecule has 0 aliphatic carbocycles. The monoisotopic (exact) mass is 254 g/mol. The smallest absolute Gasteiger partial charge is 0.254 e. The molecule has 17 heavy (non-hydrogen) atoms. The van der Waals surface area contributed by atoms with Crippen LogP contribution in [0.1, 0.15) is 24.2 Å². The van der Waals surface area contributed by atoms with Gasteiger partial charge in [-0.25, -0.2) is 4.98 Å². The van der Waals surface area contributed by atoms with E-state index in [1.165, 1.54) is 0 Å². The van der Waals surface area contributed by atoms with Crippen molar-refractivity contribution in [3.05, 3.63) is 29.0 Å². The fourth-order valence-corrected chi connectivity index (χ4v) is 2.24. The number of hydrogen-bond acceptors (Lipinski definition) is 3. The zero-order valence-corrected chi connectivity index (χ0v) is 10.6. The lowest BCUT2D eigenvalue weighted by Gasteiger charge is -2.35. The number of ether oxygens (including phenoxy) is 1. The van der Waals surface area contributed by atoms with Gasteiger partial charge in [0.2, 0.25) is 0 Å². The van der Waals surface area contributed by atoms with E-state index in [4.69, 9.17) is 16.3 Å². The second-order valence-electron chi connectivity index (χ2n) is 4.33. The summed E-state index contributed by atoms with van der Waals surface area (Å²) in [6, 6.07) is 3.27. The molecule has 5 heteroatoms. The molecule has 0 aromatic carbocycles. The molecule has 2 rings (SSSR count). The standard InChI is InChI=1S/C12H15ClN2O2/c1-8-6-15(7-9(2)17-8)12(16)10-3-4-14-11(13)5-10/h3-5,8-9H,6-7H2,1-2H3. The Morgan fingerprint density at radius 3 is 2.71 bits per heavy atom. The molecule has 0 saturated carbocycles. The van der Waals surface area contributed by atoms with Gasteiger partial charge in [-0.15, -0.1) is 0 Å². The minimum absolute atomic E-state index is 0.0173. The quantitative estimate of drug-likeness (QED) is 0.720. The van der Waals surface area contributed by atoms with Crippen LogP contribution in [0.4, 0.5) is 0 Å². The Labute approximate surface area is 106 Å². The van der Waals surface area contributed by atoms with Crippen LogP contribution < -0.4 is 0 Å². The van der Waals surface area contributed by atoms with Crippen molar-refractivity contribution in [1.82, 2.24) is 9.88 Å². The maximum atomic E-state index is 12.2. The van der Waals surface area contributed by atoms with E-state index in [1.807, 2.05) is 13.8 Å². The van der Waals surface area contributed by atoms with Crippen molar-refractivity contribution >= 4 is 17.5 Å². The van der Waals surface area contributed by atoms with Gasteiger partial charge in [0.05, 0.1) is 12.2 Å². The minimum Gasteiger partial charge on any atom is -0.372 e. The Hall–Kier alpha value is -1.13. The fraction of sp³-hybridized carbons (Fsp3) is 0.500. The number of amides is 1. The molecule has 4 nitrogen and oxygen atoms in total. The van der Waals surface area contributed by atoms with Crippen LogP contribution >= 0.6 is 11.6 Å². The van der Waals surface area contributed by atoms with Crippen LogP contribution in [0.15, 0.2) is 18.3 Å². The van der Waals surface area contributed by atoms with Crippen LogP contribution in [0.5, 0.6) is 0 Å². The van der Waals surface area contributed by atoms with Crippen LogP contribution in [0.2, 0.25) is 5.15 Å². The summed E-state index contributed by atoms with van der Waals surface area (Å²) in [5.41, 5.74) is 0.575. The molecule has 1 aromatic heterocycles. The second-order valence-corrected chi connectivity index (χ2v) is 4.72. The molecular formula is C12H15ClN2O2. The highest BCUT2D eigenvalue weighted by Gasteiger charge is 2.26. The number of pyridine rings is 1. The third kappa shape index (κ3) is 2.96. The average Bonchev–Trinajstić information content (AvgIpc) is 2.26. The van der Waals surface area contributed by atoms with Gasteiger partial charge >= 0.3 is 0 Å². The van der Waals surface area contributed by atoms with Gasteiger partial charge in [-0.2, -0.15) is 0 Å². The van der Waals surface area contributed by atoms with Gasteiger partial charge < -0.3 is 9.64 Å². The number of hydrogen-bond donors (Lipinski definition) is 0. The first-order valence-corrected chi connectivity index (χ1v) is 6.00. The largest absolute Gasteiger partial charge is 0.372 e. The molecule has 0 spiro atoms. The van der Waals surface area contributed by atoms with E-state index in [0.717, 1.165) is 0 Å². The number of morpholine rings is 1. The topological polar surface area (TPSA) is 42.4 Å². The molecule has 0 bridgehead atoms. The van der Waals surface area contributed by atoms with Gasteiger partial charge in [0.15, 0.2) is 0 Å². The number of carbonyl (C=O) groups is 1. The maximum Gasteiger partial charge on any atom is 0.254 e. The van der Waals surface area contributed by atoms with Crippen molar-refractivity contribution < 1.29 is 9.53 Å². The Morgan fingerprint density at radius 1 is 1.47 bits per heavy atom. The van der Waals surface area contributed by atoms with E-state index in [-0.39, 0.29) is 18.1 Å². The van der Waals surface area contributed by atoms with Crippen molar-refractivity contribution in [2.24, 2.45) is 0 Å². The van der Waals surface area contributed by atoms with Gasteiger partial charge in [-0.3, -0.25) is 4.79 Å².